The third-order valence-electron chi connectivity index (χ3n) is 5.28. The summed E-state index contributed by atoms with van der Waals surface area (Å²) in [6.45, 7) is 6.86. The Hall–Kier alpha value is -1.63. The summed E-state index contributed by atoms with van der Waals surface area (Å²) in [6, 6.07) is 8.39. The number of rotatable bonds is 7. The van der Waals surface area contributed by atoms with E-state index in [1.165, 1.54) is 5.56 Å². The van der Waals surface area contributed by atoms with Gasteiger partial charge in [-0.3, -0.25) is 4.79 Å². The van der Waals surface area contributed by atoms with Gasteiger partial charge in [0.05, 0.1) is 19.8 Å². The van der Waals surface area contributed by atoms with Crippen molar-refractivity contribution >= 4 is 5.91 Å². The summed E-state index contributed by atoms with van der Waals surface area (Å²) in [5.41, 5.74) is 1.17. The number of hydrogen-bond acceptors (Lipinski definition) is 5. The van der Waals surface area contributed by atoms with Crippen LogP contribution in [0, 0.1) is 0 Å². The van der Waals surface area contributed by atoms with Gasteiger partial charge in [0, 0.05) is 44.2 Å². The zero-order chi connectivity index (χ0) is 18.2. The van der Waals surface area contributed by atoms with E-state index in [1.54, 1.807) is 0 Å². The van der Waals surface area contributed by atoms with Crippen molar-refractivity contribution in [2.45, 2.75) is 37.6 Å². The Morgan fingerprint density at radius 3 is 2.65 bits per heavy atom. The molecule has 0 spiro atoms. The first-order valence-electron chi connectivity index (χ1n) is 9.61. The van der Waals surface area contributed by atoms with Crippen LogP contribution >= 0.6 is 0 Å². The molecule has 2 heterocycles. The molecule has 2 saturated heterocycles. The van der Waals surface area contributed by atoms with Gasteiger partial charge in [-0.05, 0) is 37.5 Å². The van der Waals surface area contributed by atoms with E-state index < -0.39 is 0 Å². The Labute approximate surface area is 155 Å². The van der Waals surface area contributed by atoms with Gasteiger partial charge < -0.3 is 24.8 Å². The van der Waals surface area contributed by atoms with Crippen LogP contribution in [0.1, 0.15) is 31.7 Å². The van der Waals surface area contributed by atoms with Gasteiger partial charge in [0.2, 0.25) is 5.91 Å². The summed E-state index contributed by atoms with van der Waals surface area (Å²) in [4.78, 5) is 12.4. The molecule has 6 nitrogen and oxygen atoms in total. The second-order valence-electron chi connectivity index (χ2n) is 7.06. The predicted molar refractivity (Wildman–Crippen MR) is 99.6 cm³/mol. The van der Waals surface area contributed by atoms with Gasteiger partial charge >= 0.3 is 0 Å². The predicted octanol–water partition coefficient (Wildman–Crippen LogP) is 1.63. The van der Waals surface area contributed by atoms with Crippen LogP contribution in [0.4, 0.5) is 0 Å². The standard InChI is InChI=1S/C20H30N2O4/c1-2-26-18-5-3-16(4-6-18)20(7-10-24-11-8-20)15-22-19(23)13-17-14-25-12-9-21-17/h3-6,17,21H,2,7-15H2,1H3,(H,22,23). The maximum atomic E-state index is 12.4. The summed E-state index contributed by atoms with van der Waals surface area (Å²) in [7, 11) is 0. The molecule has 1 aromatic rings. The lowest BCUT2D eigenvalue weighted by Crippen LogP contribution is -2.48. The van der Waals surface area contributed by atoms with Crippen molar-refractivity contribution in [1.82, 2.24) is 10.6 Å². The molecule has 26 heavy (non-hydrogen) atoms. The molecule has 144 valence electrons. The Kier molecular flexibility index (Phi) is 6.88. The molecule has 0 saturated carbocycles. The van der Waals surface area contributed by atoms with E-state index >= 15 is 0 Å². The number of morpholine rings is 1. The highest BCUT2D eigenvalue weighted by atomic mass is 16.5. The molecule has 2 aliphatic rings. The summed E-state index contributed by atoms with van der Waals surface area (Å²) >= 11 is 0. The van der Waals surface area contributed by atoms with E-state index in [9.17, 15) is 4.79 Å². The van der Waals surface area contributed by atoms with E-state index in [-0.39, 0.29) is 17.4 Å². The first-order chi connectivity index (χ1) is 12.7. The van der Waals surface area contributed by atoms with Gasteiger partial charge in [-0.25, -0.2) is 0 Å². The second-order valence-corrected chi connectivity index (χ2v) is 7.06. The SMILES string of the molecule is CCOc1ccc(C2(CNC(=O)CC3COCCN3)CCOCC2)cc1. The first-order valence-corrected chi connectivity index (χ1v) is 9.61. The summed E-state index contributed by atoms with van der Waals surface area (Å²) in [5.74, 6) is 0.954. The third-order valence-corrected chi connectivity index (χ3v) is 5.28. The van der Waals surface area contributed by atoms with Gasteiger partial charge in [0.15, 0.2) is 0 Å². The second kappa shape index (κ2) is 9.35. The van der Waals surface area contributed by atoms with Gasteiger partial charge in [0.1, 0.15) is 5.75 Å². The van der Waals surface area contributed by atoms with Gasteiger partial charge in [-0.15, -0.1) is 0 Å². The zero-order valence-electron chi connectivity index (χ0n) is 15.6. The van der Waals surface area contributed by atoms with Crippen molar-refractivity contribution < 1.29 is 19.0 Å². The van der Waals surface area contributed by atoms with Gasteiger partial charge in [0.25, 0.3) is 0 Å². The molecule has 2 aliphatic heterocycles. The van der Waals surface area contributed by atoms with Crippen LogP contribution in [-0.2, 0) is 19.7 Å². The van der Waals surface area contributed by atoms with E-state index in [1.807, 2.05) is 19.1 Å². The fourth-order valence-electron chi connectivity index (χ4n) is 3.72. The largest absolute Gasteiger partial charge is 0.494 e. The smallest absolute Gasteiger partial charge is 0.221 e. The van der Waals surface area contributed by atoms with E-state index in [4.69, 9.17) is 14.2 Å². The number of amides is 1. The normalized spacial score (nSPS) is 22.6. The number of benzene rings is 1. The Bertz CT molecular complexity index is 564. The maximum Gasteiger partial charge on any atom is 0.221 e. The summed E-state index contributed by atoms with van der Waals surface area (Å²) in [5, 5.41) is 6.49. The van der Waals surface area contributed by atoms with Crippen LogP contribution in [0.3, 0.4) is 0 Å². The molecule has 3 rings (SSSR count). The molecule has 2 fully saturated rings. The van der Waals surface area contributed by atoms with Gasteiger partial charge in [-0.1, -0.05) is 12.1 Å². The van der Waals surface area contributed by atoms with Crippen molar-refractivity contribution in [1.29, 1.82) is 0 Å². The molecule has 1 aromatic carbocycles. The minimum atomic E-state index is -0.0743. The molecule has 0 aromatic heterocycles. The summed E-state index contributed by atoms with van der Waals surface area (Å²) in [6.07, 6.45) is 2.27. The Balaban J connectivity index is 1.62. The number of carbonyl (C=O) groups excluding carboxylic acids is 1. The van der Waals surface area contributed by atoms with Crippen LogP contribution in [0.5, 0.6) is 5.75 Å². The van der Waals surface area contributed by atoms with Crippen LogP contribution < -0.4 is 15.4 Å². The number of hydrogen-bond donors (Lipinski definition) is 2. The monoisotopic (exact) mass is 362 g/mol. The lowest BCUT2D eigenvalue weighted by Gasteiger charge is -2.38. The van der Waals surface area contributed by atoms with Crippen molar-refractivity contribution in [3.8, 4) is 5.75 Å². The lowest BCUT2D eigenvalue weighted by atomic mass is 9.74. The fourth-order valence-corrected chi connectivity index (χ4v) is 3.72. The number of nitrogens with one attached hydrogen (secondary N) is 2. The van der Waals surface area contributed by atoms with Crippen LogP contribution in [-0.4, -0.2) is 58.1 Å². The first kappa shape index (κ1) is 19.1. The Morgan fingerprint density at radius 2 is 2.00 bits per heavy atom. The topological polar surface area (TPSA) is 68.8 Å². The lowest BCUT2D eigenvalue weighted by molar-refractivity contribution is -0.122. The molecule has 0 radical (unpaired) electrons. The van der Waals surface area contributed by atoms with Gasteiger partial charge in [-0.2, -0.15) is 0 Å². The minimum absolute atomic E-state index is 0.0739. The van der Waals surface area contributed by atoms with Crippen LogP contribution in [0.2, 0.25) is 0 Å². The third kappa shape index (κ3) is 4.96. The van der Waals surface area contributed by atoms with Crippen molar-refractivity contribution in [2.75, 3.05) is 46.1 Å². The van der Waals surface area contributed by atoms with Crippen molar-refractivity contribution in [2.24, 2.45) is 0 Å². The molecule has 0 aliphatic carbocycles. The van der Waals surface area contributed by atoms with E-state index in [2.05, 4.69) is 22.8 Å². The fraction of sp³-hybridized carbons (Fsp3) is 0.650. The highest BCUT2D eigenvalue weighted by Crippen LogP contribution is 2.35. The molecule has 1 unspecified atom stereocenters. The quantitative estimate of drug-likeness (QED) is 0.772. The zero-order valence-corrected chi connectivity index (χ0v) is 15.6. The average Bonchev–Trinajstić information content (AvgIpc) is 2.69. The number of ether oxygens (including phenoxy) is 3. The minimum Gasteiger partial charge on any atom is -0.494 e. The molecular weight excluding hydrogens is 332 g/mol. The molecule has 6 heteroatoms. The van der Waals surface area contributed by atoms with Crippen molar-refractivity contribution in [3.05, 3.63) is 29.8 Å². The maximum absolute atomic E-state index is 12.4. The Morgan fingerprint density at radius 1 is 1.23 bits per heavy atom. The molecule has 2 N–H and O–H groups in total. The molecule has 0 bridgehead atoms. The average molecular weight is 362 g/mol. The highest BCUT2D eigenvalue weighted by molar-refractivity contribution is 5.76. The van der Waals surface area contributed by atoms with Crippen LogP contribution in [0.25, 0.3) is 0 Å². The van der Waals surface area contributed by atoms with Crippen molar-refractivity contribution in [3.63, 3.8) is 0 Å². The molecular formula is C20H30N2O4. The van der Waals surface area contributed by atoms with E-state index in [0.717, 1.165) is 45.0 Å². The number of carbonyl (C=O) groups is 1. The van der Waals surface area contributed by atoms with E-state index in [0.29, 0.717) is 26.2 Å². The molecule has 1 amide bonds. The highest BCUT2D eigenvalue weighted by Gasteiger charge is 2.35. The van der Waals surface area contributed by atoms with Crippen LogP contribution in [0.15, 0.2) is 24.3 Å². The summed E-state index contributed by atoms with van der Waals surface area (Å²) < 4.78 is 16.6. The molecule has 1 atom stereocenters.